The number of nitrogens with one attached hydrogen (secondary N) is 2. The molecule has 2 heterocycles. The molecule has 4 amide bonds. The van der Waals surface area contributed by atoms with Crippen LogP contribution in [0.2, 0.25) is 0 Å². The van der Waals surface area contributed by atoms with Gasteiger partial charge < -0.3 is 48.9 Å². The molecule has 2 aliphatic rings. The van der Waals surface area contributed by atoms with Crippen LogP contribution in [0.25, 0.3) is 0 Å². The van der Waals surface area contributed by atoms with E-state index in [4.69, 9.17) is 28.4 Å². The molecule has 0 saturated heterocycles. The number of benzene rings is 4. The van der Waals surface area contributed by atoms with Gasteiger partial charge in [0.1, 0.15) is 46.6 Å². The van der Waals surface area contributed by atoms with Gasteiger partial charge in [-0.3, -0.25) is 19.2 Å². The highest BCUT2D eigenvalue weighted by molar-refractivity contribution is 6.00. The Morgan fingerprint density at radius 2 is 0.864 bits per heavy atom. The van der Waals surface area contributed by atoms with E-state index in [0.29, 0.717) is 71.3 Å². The third kappa shape index (κ3) is 12.6. The maximum absolute atomic E-state index is 13.2. The van der Waals surface area contributed by atoms with Crippen molar-refractivity contribution in [3.05, 3.63) is 131 Å². The van der Waals surface area contributed by atoms with Gasteiger partial charge in [-0.25, -0.2) is 0 Å². The Bertz CT molecular complexity index is 2200. The molecule has 4 aromatic rings. The lowest BCUT2D eigenvalue weighted by atomic mass is 10.0. The van der Waals surface area contributed by atoms with Crippen molar-refractivity contribution in [2.24, 2.45) is 0 Å². The molecule has 4 aromatic carbocycles. The summed E-state index contributed by atoms with van der Waals surface area (Å²) in [7, 11) is 9.62. The average molecular weight is 905 g/mol. The van der Waals surface area contributed by atoms with Gasteiger partial charge >= 0.3 is 0 Å². The summed E-state index contributed by atoms with van der Waals surface area (Å²) < 4.78 is 33.9. The number of amides is 4. The van der Waals surface area contributed by atoms with Crippen molar-refractivity contribution in [1.82, 2.24) is 20.4 Å². The number of methoxy groups -OCH3 is 4. The van der Waals surface area contributed by atoms with Gasteiger partial charge in [0, 0.05) is 50.2 Å². The van der Waals surface area contributed by atoms with Gasteiger partial charge in [0.2, 0.25) is 11.8 Å². The summed E-state index contributed by atoms with van der Waals surface area (Å²) >= 11 is 0. The number of rotatable bonds is 6. The summed E-state index contributed by atoms with van der Waals surface area (Å²) in [6, 6.07) is 23.2. The van der Waals surface area contributed by atoms with Gasteiger partial charge in [0.05, 0.1) is 63.9 Å². The zero-order valence-electron chi connectivity index (χ0n) is 39.7. The highest BCUT2D eigenvalue weighted by atomic mass is 16.5. The van der Waals surface area contributed by atoms with E-state index in [9.17, 15) is 19.2 Å². The Morgan fingerprint density at radius 1 is 0.500 bits per heavy atom. The maximum atomic E-state index is 13.2. The van der Waals surface area contributed by atoms with Crippen molar-refractivity contribution >= 4 is 23.6 Å². The largest absolute Gasteiger partial charge is 0.497 e. The van der Waals surface area contributed by atoms with Crippen LogP contribution in [0.15, 0.2) is 109 Å². The first kappa shape index (κ1) is 50.0. The van der Waals surface area contributed by atoms with Gasteiger partial charge in [-0.05, 0) is 89.1 Å². The monoisotopic (exact) mass is 904 g/mol. The Morgan fingerprint density at radius 3 is 1.23 bits per heavy atom. The van der Waals surface area contributed by atoms with Crippen LogP contribution in [-0.2, 0) is 9.59 Å². The van der Waals surface area contributed by atoms with Crippen LogP contribution < -0.4 is 39.1 Å². The SMILES string of the molecule is COc1ccc([C@H]2C/C=C/C[C@@H](C)Oc3ccccc3C(=O)N(C)[C@@H](C)C(=O)N2)c(OC)c1.COc1ccc([C@H]2C/C=C\C[C@@H](C)Oc3ccccc3C(=O)N(C)[C@@H](C)C(=O)N2)c(OC)c1. The molecule has 0 radical (unpaired) electrons. The number of carbonyl (C=O) groups is 4. The van der Waals surface area contributed by atoms with Gasteiger partial charge in [-0.2, -0.15) is 0 Å². The molecule has 6 rings (SSSR count). The molecule has 6 atom stereocenters. The van der Waals surface area contributed by atoms with Crippen molar-refractivity contribution < 1.29 is 47.6 Å². The van der Waals surface area contributed by atoms with Crippen molar-refractivity contribution in [3.8, 4) is 34.5 Å². The third-order valence-corrected chi connectivity index (χ3v) is 11.7. The fourth-order valence-corrected chi connectivity index (χ4v) is 7.47. The van der Waals surface area contributed by atoms with E-state index in [2.05, 4.69) is 10.6 Å². The number of fused-ring (bicyclic) bond motifs is 2. The van der Waals surface area contributed by atoms with E-state index in [0.717, 1.165) is 11.1 Å². The normalized spacial score (nSPS) is 22.9. The lowest BCUT2D eigenvalue weighted by Gasteiger charge is -2.28. The smallest absolute Gasteiger partial charge is 0.258 e. The van der Waals surface area contributed by atoms with Gasteiger partial charge in [0.15, 0.2) is 0 Å². The molecule has 66 heavy (non-hydrogen) atoms. The van der Waals surface area contributed by atoms with E-state index < -0.39 is 12.1 Å². The molecule has 0 bridgehead atoms. The number of hydrogen-bond acceptors (Lipinski definition) is 10. The molecular formula is C52H64N4O10. The van der Waals surface area contributed by atoms with E-state index in [-0.39, 0.29) is 47.9 Å². The second-order valence-electron chi connectivity index (χ2n) is 16.3. The van der Waals surface area contributed by atoms with E-state index >= 15 is 0 Å². The quantitative estimate of drug-likeness (QED) is 0.181. The molecule has 0 unspecified atom stereocenters. The summed E-state index contributed by atoms with van der Waals surface area (Å²) in [5.74, 6) is 2.55. The van der Waals surface area contributed by atoms with Crippen LogP contribution in [0.4, 0.5) is 0 Å². The number of nitrogens with zero attached hydrogens (tertiary/aromatic N) is 2. The van der Waals surface area contributed by atoms with Crippen LogP contribution in [0.1, 0.15) is 97.3 Å². The average Bonchev–Trinajstić information content (AvgIpc) is 3.33. The molecule has 14 nitrogen and oxygen atoms in total. The third-order valence-electron chi connectivity index (χ3n) is 11.7. The summed E-state index contributed by atoms with van der Waals surface area (Å²) in [4.78, 5) is 55.7. The molecule has 14 heteroatoms. The number of hydrogen-bond donors (Lipinski definition) is 2. The molecule has 2 N–H and O–H groups in total. The first-order valence-corrected chi connectivity index (χ1v) is 22.1. The molecule has 0 fully saturated rings. The van der Waals surface area contributed by atoms with Crippen LogP contribution >= 0.6 is 0 Å². The molecule has 0 spiro atoms. The van der Waals surface area contributed by atoms with Gasteiger partial charge in [-0.15, -0.1) is 0 Å². The van der Waals surface area contributed by atoms with Crippen LogP contribution in [0, 0.1) is 0 Å². The fraction of sp³-hybridized carbons (Fsp3) is 0.385. The van der Waals surface area contributed by atoms with Crippen molar-refractivity contribution in [1.29, 1.82) is 0 Å². The first-order valence-electron chi connectivity index (χ1n) is 22.1. The minimum absolute atomic E-state index is 0.121. The minimum atomic E-state index is -0.693. The van der Waals surface area contributed by atoms with E-state index in [1.807, 2.05) is 74.5 Å². The summed E-state index contributed by atoms with van der Waals surface area (Å²) in [6.07, 6.45) is 10.3. The Kier molecular flexibility index (Phi) is 18.1. The van der Waals surface area contributed by atoms with Crippen molar-refractivity contribution in [2.75, 3.05) is 42.5 Å². The van der Waals surface area contributed by atoms with Crippen molar-refractivity contribution in [3.63, 3.8) is 0 Å². The summed E-state index contributed by atoms with van der Waals surface area (Å²) in [5, 5.41) is 6.20. The number of para-hydroxylation sites is 2. The zero-order valence-corrected chi connectivity index (χ0v) is 39.7. The number of ether oxygens (including phenoxy) is 6. The van der Waals surface area contributed by atoms with Crippen molar-refractivity contribution in [2.45, 2.75) is 89.8 Å². The Labute approximate surface area is 388 Å². The zero-order chi connectivity index (χ0) is 47.9. The first-order chi connectivity index (χ1) is 31.7. The highest BCUT2D eigenvalue weighted by Gasteiger charge is 2.30. The fourth-order valence-electron chi connectivity index (χ4n) is 7.47. The molecule has 0 aliphatic carbocycles. The van der Waals surface area contributed by atoms with Crippen LogP contribution in [0.5, 0.6) is 34.5 Å². The van der Waals surface area contributed by atoms with E-state index in [1.165, 1.54) is 9.80 Å². The minimum Gasteiger partial charge on any atom is -0.497 e. The Balaban J connectivity index is 0.000000247. The molecule has 0 aromatic heterocycles. The topological polar surface area (TPSA) is 154 Å². The number of likely N-dealkylation sites (N-methyl/N-ethyl adjacent to an activating group) is 2. The standard InChI is InChI=1S/2C26H32N2O5/c2*1-17-10-6-8-12-22(20-15-14-19(31-4)16-24(20)32-5)27-25(29)18(2)28(3)26(30)21-11-7-9-13-23(21)33-17/h2*6-9,11,13-18,22H,10,12H2,1-5H3,(H,27,29)/b8-6+;8-6-/t2*17-,18+,22-/m11/s1. The van der Waals surface area contributed by atoms with Crippen LogP contribution in [-0.4, -0.2) is 100 Å². The second kappa shape index (κ2) is 23.8. The second-order valence-corrected chi connectivity index (χ2v) is 16.3. The highest BCUT2D eigenvalue weighted by Crippen LogP contribution is 2.34. The number of carbonyl (C=O) groups excluding carboxylic acids is 4. The predicted molar refractivity (Wildman–Crippen MR) is 254 cm³/mol. The van der Waals surface area contributed by atoms with Crippen LogP contribution in [0.3, 0.4) is 0 Å². The van der Waals surface area contributed by atoms with Gasteiger partial charge in [0.25, 0.3) is 11.8 Å². The molecule has 2 aliphatic heterocycles. The molecular weight excluding hydrogens is 841 g/mol. The summed E-state index contributed by atoms with van der Waals surface area (Å²) in [5.41, 5.74) is 2.53. The lowest BCUT2D eigenvalue weighted by Crippen LogP contribution is -2.47. The lowest BCUT2D eigenvalue weighted by molar-refractivity contribution is -0.126. The Hall–Kier alpha value is -6.96. The van der Waals surface area contributed by atoms with E-state index in [1.54, 1.807) is 105 Å². The predicted octanol–water partition coefficient (Wildman–Crippen LogP) is 8.28. The molecule has 0 saturated carbocycles. The van der Waals surface area contributed by atoms with Gasteiger partial charge in [-0.1, -0.05) is 48.6 Å². The maximum Gasteiger partial charge on any atom is 0.258 e. The molecule has 352 valence electrons. The summed E-state index contributed by atoms with van der Waals surface area (Å²) in [6.45, 7) is 7.36.